The first kappa shape index (κ1) is 11.2. The van der Waals surface area contributed by atoms with Crippen LogP contribution in [0.2, 0.25) is 0 Å². The van der Waals surface area contributed by atoms with Gasteiger partial charge in [0.1, 0.15) is 0 Å². The number of amides is 2. The Morgan fingerprint density at radius 2 is 2.20 bits per heavy atom. The molecule has 0 spiro atoms. The standard InChI is InChI=1S/C11H15N3O/c1-9(8-13-14-11(12)15)7-10-5-3-2-4-6-10/h2-6,8-9H,7H2,1H3,(H3,12,14,15)/b13-8+. The number of benzene rings is 1. The zero-order valence-electron chi connectivity index (χ0n) is 8.68. The van der Waals surface area contributed by atoms with Gasteiger partial charge in [-0.3, -0.25) is 0 Å². The van der Waals surface area contributed by atoms with Crippen molar-refractivity contribution in [1.29, 1.82) is 0 Å². The number of primary amides is 1. The summed E-state index contributed by atoms with van der Waals surface area (Å²) in [5, 5.41) is 3.72. The largest absolute Gasteiger partial charge is 0.350 e. The smallest absolute Gasteiger partial charge is 0.332 e. The van der Waals surface area contributed by atoms with Gasteiger partial charge in [-0.25, -0.2) is 10.2 Å². The molecule has 0 bridgehead atoms. The third-order valence-corrected chi connectivity index (χ3v) is 1.90. The predicted molar refractivity (Wildman–Crippen MR) is 60.5 cm³/mol. The van der Waals surface area contributed by atoms with Crippen molar-refractivity contribution in [3.05, 3.63) is 35.9 Å². The molecule has 1 rings (SSSR count). The molecular weight excluding hydrogens is 190 g/mol. The minimum Gasteiger partial charge on any atom is -0.350 e. The topological polar surface area (TPSA) is 67.5 Å². The number of carbonyl (C=O) groups is 1. The van der Waals surface area contributed by atoms with E-state index >= 15 is 0 Å². The average molecular weight is 205 g/mol. The number of carbonyl (C=O) groups excluding carboxylic acids is 1. The molecule has 0 saturated carbocycles. The summed E-state index contributed by atoms with van der Waals surface area (Å²) in [4.78, 5) is 10.3. The van der Waals surface area contributed by atoms with Crippen LogP contribution in [0, 0.1) is 5.92 Å². The van der Waals surface area contributed by atoms with Crippen molar-refractivity contribution in [2.45, 2.75) is 13.3 Å². The summed E-state index contributed by atoms with van der Waals surface area (Å²) < 4.78 is 0. The van der Waals surface area contributed by atoms with Crippen LogP contribution >= 0.6 is 0 Å². The Morgan fingerprint density at radius 3 is 2.80 bits per heavy atom. The van der Waals surface area contributed by atoms with Gasteiger partial charge in [0, 0.05) is 6.21 Å². The van der Waals surface area contributed by atoms with E-state index in [1.54, 1.807) is 6.21 Å². The predicted octanol–water partition coefficient (Wildman–Crippen LogP) is 1.52. The summed E-state index contributed by atoms with van der Waals surface area (Å²) >= 11 is 0. The van der Waals surface area contributed by atoms with Crippen LogP contribution in [-0.4, -0.2) is 12.2 Å². The fourth-order valence-electron chi connectivity index (χ4n) is 1.27. The van der Waals surface area contributed by atoms with Crippen molar-refractivity contribution in [2.75, 3.05) is 0 Å². The molecule has 0 aromatic heterocycles. The van der Waals surface area contributed by atoms with Crippen LogP contribution in [0.4, 0.5) is 4.79 Å². The van der Waals surface area contributed by atoms with Crippen molar-refractivity contribution in [2.24, 2.45) is 16.8 Å². The maximum Gasteiger partial charge on any atom is 0.332 e. The first-order valence-corrected chi connectivity index (χ1v) is 4.81. The van der Waals surface area contributed by atoms with Crippen LogP contribution < -0.4 is 11.2 Å². The third-order valence-electron chi connectivity index (χ3n) is 1.90. The number of rotatable bonds is 4. The number of nitrogens with one attached hydrogen (secondary N) is 1. The molecule has 0 aliphatic heterocycles. The van der Waals surface area contributed by atoms with Gasteiger partial charge >= 0.3 is 6.03 Å². The molecule has 3 N–H and O–H groups in total. The number of nitrogens with two attached hydrogens (primary N) is 1. The fourth-order valence-corrected chi connectivity index (χ4v) is 1.27. The van der Waals surface area contributed by atoms with Gasteiger partial charge in [0.2, 0.25) is 0 Å². The van der Waals surface area contributed by atoms with Gasteiger partial charge in [0.05, 0.1) is 0 Å². The molecule has 4 heteroatoms. The molecule has 80 valence electrons. The molecule has 1 aromatic carbocycles. The summed E-state index contributed by atoms with van der Waals surface area (Å²) in [7, 11) is 0. The second-order valence-corrected chi connectivity index (χ2v) is 3.42. The van der Waals surface area contributed by atoms with E-state index in [4.69, 9.17) is 5.73 Å². The van der Waals surface area contributed by atoms with E-state index in [-0.39, 0.29) is 5.92 Å². The zero-order chi connectivity index (χ0) is 11.1. The van der Waals surface area contributed by atoms with Gasteiger partial charge in [-0.15, -0.1) is 0 Å². The molecule has 1 atom stereocenters. The SMILES string of the molecule is CC(/C=N/NC(N)=O)Cc1ccccc1. The number of nitrogens with zero attached hydrogens (tertiary/aromatic N) is 1. The molecule has 4 nitrogen and oxygen atoms in total. The maximum absolute atomic E-state index is 10.3. The van der Waals surface area contributed by atoms with E-state index in [1.807, 2.05) is 25.1 Å². The summed E-state index contributed by atoms with van der Waals surface area (Å²) in [6, 6.07) is 9.47. The summed E-state index contributed by atoms with van der Waals surface area (Å²) in [6.07, 6.45) is 2.57. The first-order valence-electron chi connectivity index (χ1n) is 4.81. The fraction of sp³-hybridized carbons (Fsp3) is 0.273. The van der Waals surface area contributed by atoms with Crippen molar-refractivity contribution >= 4 is 12.2 Å². The second kappa shape index (κ2) is 5.80. The lowest BCUT2D eigenvalue weighted by Gasteiger charge is -2.04. The van der Waals surface area contributed by atoms with E-state index in [0.717, 1.165) is 6.42 Å². The Balaban J connectivity index is 2.39. The third kappa shape index (κ3) is 4.81. The maximum atomic E-state index is 10.3. The normalized spacial score (nSPS) is 12.6. The molecule has 15 heavy (non-hydrogen) atoms. The van der Waals surface area contributed by atoms with E-state index in [1.165, 1.54) is 5.56 Å². The Hall–Kier alpha value is -1.84. The van der Waals surface area contributed by atoms with E-state index in [2.05, 4.69) is 22.7 Å². The molecule has 0 heterocycles. The van der Waals surface area contributed by atoms with Crippen molar-refractivity contribution in [1.82, 2.24) is 5.43 Å². The van der Waals surface area contributed by atoms with E-state index < -0.39 is 6.03 Å². The Bertz CT molecular complexity index is 335. The lowest BCUT2D eigenvalue weighted by molar-refractivity contribution is 0.249. The molecular formula is C11H15N3O. The first-order chi connectivity index (χ1) is 7.18. The Kier molecular flexibility index (Phi) is 4.34. The van der Waals surface area contributed by atoms with Gasteiger partial charge in [-0.05, 0) is 17.9 Å². The highest BCUT2D eigenvalue weighted by Gasteiger charge is 1.99. The zero-order valence-corrected chi connectivity index (χ0v) is 8.68. The van der Waals surface area contributed by atoms with Crippen molar-refractivity contribution in [3.8, 4) is 0 Å². The van der Waals surface area contributed by atoms with Gasteiger partial charge < -0.3 is 5.73 Å². The van der Waals surface area contributed by atoms with Gasteiger partial charge in [-0.1, -0.05) is 37.3 Å². The molecule has 0 aliphatic carbocycles. The second-order valence-electron chi connectivity index (χ2n) is 3.42. The highest BCUT2D eigenvalue weighted by Crippen LogP contribution is 2.05. The lowest BCUT2D eigenvalue weighted by atomic mass is 10.0. The molecule has 0 radical (unpaired) electrons. The van der Waals surface area contributed by atoms with Crippen LogP contribution in [0.15, 0.2) is 35.4 Å². The molecule has 0 fully saturated rings. The van der Waals surface area contributed by atoms with Crippen LogP contribution in [0.1, 0.15) is 12.5 Å². The Labute approximate surface area is 89.2 Å². The molecule has 2 amide bonds. The van der Waals surface area contributed by atoms with Gasteiger partial charge in [0.25, 0.3) is 0 Å². The molecule has 0 aliphatic rings. The number of urea groups is 1. The van der Waals surface area contributed by atoms with Gasteiger partial charge in [-0.2, -0.15) is 5.10 Å². The van der Waals surface area contributed by atoms with E-state index in [9.17, 15) is 4.79 Å². The molecule has 0 saturated heterocycles. The lowest BCUT2D eigenvalue weighted by Crippen LogP contribution is -2.24. The van der Waals surface area contributed by atoms with Crippen molar-refractivity contribution in [3.63, 3.8) is 0 Å². The number of hydrazone groups is 1. The highest BCUT2D eigenvalue weighted by atomic mass is 16.2. The summed E-state index contributed by atoms with van der Waals surface area (Å²) in [6.45, 7) is 2.03. The van der Waals surface area contributed by atoms with Crippen LogP contribution in [0.5, 0.6) is 0 Å². The quantitative estimate of drug-likeness (QED) is 0.568. The van der Waals surface area contributed by atoms with Crippen LogP contribution in [-0.2, 0) is 6.42 Å². The summed E-state index contributed by atoms with van der Waals surface area (Å²) in [5.74, 6) is 0.263. The Morgan fingerprint density at radius 1 is 1.53 bits per heavy atom. The van der Waals surface area contributed by atoms with Crippen LogP contribution in [0.3, 0.4) is 0 Å². The average Bonchev–Trinajstić information content (AvgIpc) is 2.18. The number of hydrogen-bond acceptors (Lipinski definition) is 2. The van der Waals surface area contributed by atoms with Gasteiger partial charge in [0.15, 0.2) is 0 Å². The monoisotopic (exact) mass is 205 g/mol. The van der Waals surface area contributed by atoms with E-state index in [0.29, 0.717) is 0 Å². The molecule has 1 unspecified atom stereocenters. The summed E-state index contributed by atoms with van der Waals surface area (Å²) in [5.41, 5.74) is 8.28. The minimum atomic E-state index is -0.641. The van der Waals surface area contributed by atoms with Crippen LogP contribution in [0.25, 0.3) is 0 Å². The number of hydrogen-bond donors (Lipinski definition) is 2. The highest BCUT2D eigenvalue weighted by molar-refractivity contribution is 5.73. The van der Waals surface area contributed by atoms with Crippen molar-refractivity contribution < 1.29 is 4.79 Å². The molecule has 1 aromatic rings. The minimum absolute atomic E-state index is 0.263.